The SMILES string of the molecule is CCC(C)(C)N(C)C(=O)c1sc2cnccc2c1N. The van der Waals surface area contributed by atoms with Crippen LogP contribution in [0.3, 0.4) is 0 Å². The van der Waals surface area contributed by atoms with E-state index in [4.69, 9.17) is 5.73 Å². The lowest BCUT2D eigenvalue weighted by Gasteiger charge is -2.34. The molecule has 2 aromatic heterocycles. The number of hydrogen-bond donors (Lipinski definition) is 1. The number of aromatic nitrogens is 1. The van der Waals surface area contributed by atoms with Crippen LogP contribution in [0.2, 0.25) is 0 Å². The molecule has 0 aliphatic heterocycles. The van der Waals surface area contributed by atoms with Gasteiger partial charge < -0.3 is 10.6 Å². The number of thiophene rings is 1. The lowest BCUT2D eigenvalue weighted by molar-refractivity contribution is 0.0626. The summed E-state index contributed by atoms with van der Waals surface area (Å²) in [5.41, 5.74) is 6.48. The average Bonchev–Trinajstić information content (AvgIpc) is 2.75. The maximum absolute atomic E-state index is 12.6. The van der Waals surface area contributed by atoms with Gasteiger partial charge in [0.25, 0.3) is 5.91 Å². The highest BCUT2D eigenvalue weighted by atomic mass is 32.1. The fourth-order valence-electron chi connectivity index (χ4n) is 1.79. The molecular formula is C14H19N3OS. The summed E-state index contributed by atoms with van der Waals surface area (Å²) in [4.78, 5) is 19.0. The molecule has 0 fully saturated rings. The molecule has 0 radical (unpaired) electrons. The number of amides is 1. The summed E-state index contributed by atoms with van der Waals surface area (Å²) >= 11 is 1.41. The summed E-state index contributed by atoms with van der Waals surface area (Å²) in [6.07, 6.45) is 4.33. The van der Waals surface area contributed by atoms with Gasteiger partial charge in [-0.2, -0.15) is 0 Å². The van der Waals surface area contributed by atoms with Crippen LogP contribution in [0.4, 0.5) is 5.69 Å². The first kappa shape index (κ1) is 13.8. The van der Waals surface area contributed by atoms with E-state index in [1.807, 2.05) is 13.1 Å². The molecule has 1 amide bonds. The van der Waals surface area contributed by atoms with Gasteiger partial charge >= 0.3 is 0 Å². The topological polar surface area (TPSA) is 59.2 Å². The molecule has 0 bridgehead atoms. The molecule has 0 aliphatic rings. The van der Waals surface area contributed by atoms with Gasteiger partial charge in [0.2, 0.25) is 0 Å². The van der Waals surface area contributed by atoms with Crippen molar-refractivity contribution < 1.29 is 4.79 Å². The first-order chi connectivity index (χ1) is 8.88. The molecule has 0 atom stereocenters. The van der Waals surface area contributed by atoms with Crippen LogP contribution >= 0.6 is 11.3 Å². The fourth-order valence-corrected chi connectivity index (χ4v) is 2.86. The Morgan fingerprint density at radius 3 is 2.79 bits per heavy atom. The Hall–Kier alpha value is -1.62. The van der Waals surface area contributed by atoms with Crippen molar-refractivity contribution in [1.29, 1.82) is 0 Å². The third kappa shape index (κ3) is 2.30. The molecule has 5 heteroatoms. The van der Waals surface area contributed by atoms with E-state index in [1.165, 1.54) is 11.3 Å². The number of pyridine rings is 1. The molecular weight excluding hydrogens is 258 g/mol. The minimum Gasteiger partial charge on any atom is -0.397 e. The summed E-state index contributed by atoms with van der Waals surface area (Å²) in [5, 5.41) is 0.908. The summed E-state index contributed by atoms with van der Waals surface area (Å²) in [7, 11) is 1.83. The highest BCUT2D eigenvalue weighted by Gasteiger charge is 2.29. The van der Waals surface area contributed by atoms with Gasteiger partial charge in [0, 0.05) is 30.4 Å². The van der Waals surface area contributed by atoms with Gasteiger partial charge in [-0.25, -0.2) is 0 Å². The van der Waals surface area contributed by atoms with E-state index >= 15 is 0 Å². The molecule has 2 aromatic rings. The second-order valence-corrected chi connectivity index (χ2v) is 6.30. The first-order valence-electron chi connectivity index (χ1n) is 6.28. The van der Waals surface area contributed by atoms with Gasteiger partial charge in [-0.1, -0.05) is 6.92 Å². The monoisotopic (exact) mass is 277 g/mol. The van der Waals surface area contributed by atoms with Crippen LogP contribution < -0.4 is 5.73 Å². The van der Waals surface area contributed by atoms with Crippen LogP contribution in [0.15, 0.2) is 18.5 Å². The van der Waals surface area contributed by atoms with E-state index < -0.39 is 0 Å². The standard InChI is InChI=1S/C14H19N3OS/c1-5-14(2,3)17(4)13(18)12-11(15)9-6-7-16-8-10(9)19-12/h6-8H,5,15H2,1-4H3. The normalized spacial score (nSPS) is 11.8. The molecule has 0 saturated carbocycles. The molecule has 19 heavy (non-hydrogen) atoms. The summed E-state index contributed by atoms with van der Waals surface area (Å²) in [6, 6.07) is 1.85. The molecule has 0 spiro atoms. The molecule has 0 aromatic carbocycles. The number of fused-ring (bicyclic) bond motifs is 1. The largest absolute Gasteiger partial charge is 0.397 e. The predicted molar refractivity (Wildman–Crippen MR) is 80.5 cm³/mol. The number of anilines is 1. The summed E-state index contributed by atoms with van der Waals surface area (Å²) < 4.78 is 0.950. The lowest BCUT2D eigenvalue weighted by Crippen LogP contribution is -2.44. The highest BCUT2D eigenvalue weighted by Crippen LogP contribution is 2.34. The highest BCUT2D eigenvalue weighted by molar-refractivity contribution is 7.21. The number of rotatable bonds is 3. The van der Waals surface area contributed by atoms with E-state index in [0.29, 0.717) is 10.6 Å². The van der Waals surface area contributed by atoms with Crippen molar-refractivity contribution in [2.45, 2.75) is 32.7 Å². The number of nitrogens with zero attached hydrogens (tertiary/aromatic N) is 2. The first-order valence-corrected chi connectivity index (χ1v) is 7.10. The molecule has 102 valence electrons. The van der Waals surface area contributed by atoms with E-state index in [9.17, 15) is 4.79 Å². The molecule has 0 aliphatic carbocycles. The third-order valence-electron chi connectivity index (χ3n) is 3.80. The Balaban J connectivity index is 2.45. The van der Waals surface area contributed by atoms with E-state index in [2.05, 4.69) is 25.8 Å². The second kappa shape index (κ2) is 4.81. The number of nitrogen functional groups attached to an aromatic ring is 1. The van der Waals surface area contributed by atoms with Crippen LogP contribution in [-0.4, -0.2) is 28.4 Å². The Morgan fingerprint density at radius 1 is 1.53 bits per heavy atom. The number of carbonyl (C=O) groups is 1. The number of nitrogens with two attached hydrogens (primary N) is 1. The van der Waals surface area contributed by atoms with E-state index in [-0.39, 0.29) is 11.4 Å². The van der Waals surface area contributed by atoms with Crippen LogP contribution in [0.1, 0.15) is 36.9 Å². The van der Waals surface area contributed by atoms with Crippen LogP contribution in [0.5, 0.6) is 0 Å². The van der Waals surface area contributed by atoms with Crippen molar-refractivity contribution >= 4 is 33.0 Å². The van der Waals surface area contributed by atoms with Gasteiger partial charge in [-0.05, 0) is 26.3 Å². The van der Waals surface area contributed by atoms with Gasteiger partial charge in [0.1, 0.15) is 4.88 Å². The molecule has 2 rings (SSSR count). The summed E-state index contributed by atoms with van der Waals surface area (Å²) in [5.74, 6) is -0.0226. The van der Waals surface area contributed by atoms with Gasteiger partial charge in [0.05, 0.1) is 10.4 Å². The molecule has 2 N–H and O–H groups in total. The van der Waals surface area contributed by atoms with Crippen molar-refractivity contribution in [3.8, 4) is 0 Å². The van der Waals surface area contributed by atoms with Crippen LogP contribution in [0.25, 0.3) is 10.1 Å². The Labute approximate surface area is 117 Å². The average molecular weight is 277 g/mol. The molecule has 2 heterocycles. The van der Waals surface area contributed by atoms with Crippen LogP contribution in [-0.2, 0) is 0 Å². The smallest absolute Gasteiger partial charge is 0.266 e. The second-order valence-electron chi connectivity index (χ2n) is 5.25. The van der Waals surface area contributed by atoms with Crippen molar-refractivity contribution in [3.63, 3.8) is 0 Å². The number of hydrogen-bond acceptors (Lipinski definition) is 4. The van der Waals surface area contributed by atoms with Crippen molar-refractivity contribution in [2.75, 3.05) is 12.8 Å². The van der Waals surface area contributed by atoms with Crippen molar-refractivity contribution in [1.82, 2.24) is 9.88 Å². The zero-order valence-corrected chi connectivity index (χ0v) is 12.5. The van der Waals surface area contributed by atoms with Crippen molar-refractivity contribution in [2.24, 2.45) is 0 Å². The maximum Gasteiger partial charge on any atom is 0.266 e. The molecule has 0 unspecified atom stereocenters. The van der Waals surface area contributed by atoms with Gasteiger partial charge in [-0.15, -0.1) is 11.3 Å². The molecule has 4 nitrogen and oxygen atoms in total. The zero-order chi connectivity index (χ0) is 14.2. The minimum absolute atomic E-state index is 0.0226. The Kier molecular flexibility index (Phi) is 3.49. The van der Waals surface area contributed by atoms with Crippen molar-refractivity contribution in [3.05, 3.63) is 23.3 Å². The minimum atomic E-state index is -0.183. The quantitative estimate of drug-likeness (QED) is 0.937. The van der Waals surface area contributed by atoms with Crippen LogP contribution in [0, 0.1) is 0 Å². The van der Waals surface area contributed by atoms with E-state index in [1.54, 1.807) is 17.3 Å². The maximum atomic E-state index is 12.6. The Morgan fingerprint density at radius 2 is 2.21 bits per heavy atom. The van der Waals surface area contributed by atoms with Gasteiger partial charge in [-0.3, -0.25) is 9.78 Å². The third-order valence-corrected chi connectivity index (χ3v) is 4.95. The van der Waals surface area contributed by atoms with E-state index in [0.717, 1.165) is 16.5 Å². The zero-order valence-electron chi connectivity index (χ0n) is 11.7. The summed E-state index contributed by atoms with van der Waals surface area (Å²) in [6.45, 7) is 6.17. The lowest BCUT2D eigenvalue weighted by atomic mass is 9.99. The number of carbonyl (C=O) groups excluding carboxylic acids is 1. The fraction of sp³-hybridized carbons (Fsp3) is 0.429. The molecule has 0 saturated heterocycles. The predicted octanol–water partition coefficient (Wildman–Crippen LogP) is 3.14. The Bertz CT molecular complexity index is 618. The van der Waals surface area contributed by atoms with Gasteiger partial charge in [0.15, 0.2) is 0 Å².